The smallest absolute Gasteiger partial charge is 0.318 e. The van der Waals surface area contributed by atoms with Crippen LogP contribution in [-0.4, -0.2) is 44.3 Å². The number of hydrogen-bond acceptors (Lipinski definition) is 4. The normalized spacial score (nSPS) is 22.4. The van der Waals surface area contributed by atoms with Crippen molar-refractivity contribution >= 4 is 17.6 Å². The molecule has 10 heteroatoms. The summed E-state index contributed by atoms with van der Waals surface area (Å²) in [4.78, 5) is 14.4. The first kappa shape index (κ1) is 19.7. The zero-order chi connectivity index (χ0) is 21.3. The average molecular weight is 438 g/mol. The number of nitrogens with two attached hydrogens (primary N) is 1. The summed E-state index contributed by atoms with van der Waals surface area (Å²) in [7, 11) is 0. The Morgan fingerprint density at radius 3 is 2.70 bits per heavy atom. The number of halogens is 3. The molecule has 2 amide bonds. The molecule has 30 heavy (non-hydrogen) atoms. The molecule has 5 rings (SSSR count). The highest BCUT2D eigenvalue weighted by Gasteiger charge is 2.53. The number of benzene rings is 1. The van der Waals surface area contributed by atoms with Crippen LogP contribution in [0.3, 0.4) is 0 Å². The first-order valence-electron chi connectivity index (χ1n) is 9.93. The third-order valence-corrected chi connectivity index (χ3v) is 6.46. The largest absolute Gasteiger partial charge is 0.374 e. The van der Waals surface area contributed by atoms with Crippen LogP contribution in [0.2, 0.25) is 5.02 Å². The van der Waals surface area contributed by atoms with Gasteiger partial charge in [0, 0.05) is 41.6 Å². The lowest BCUT2D eigenvalue weighted by atomic mass is 9.88. The Balaban J connectivity index is 1.48. The number of nitrogens with one attached hydrogen (secondary N) is 1. The van der Waals surface area contributed by atoms with Crippen molar-refractivity contribution < 1.29 is 18.7 Å². The molecule has 2 saturated carbocycles. The number of carbonyl (C=O) groups is 1. The van der Waals surface area contributed by atoms with Crippen LogP contribution in [0.15, 0.2) is 24.3 Å². The van der Waals surface area contributed by atoms with Gasteiger partial charge < -0.3 is 21.1 Å². The Labute approximate surface area is 176 Å². The molecule has 1 unspecified atom stereocenters. The molecule has 7 nitrogen and oxygen atoms in total. The van der Waals surface area contributed by atoms with E-state index in [1.807, 2.05) is 10.7 Å². The van der Waals surface area contributed by atoms with Gasteiger partial charge in [0.1, 0.15) is 6.23 Å². The van der Waals surface area contributed by atoms with E-state index in [1.54, 1.807) is 23.1 Å². The summed E-state index contributed by atoms with van der Waals surface area (Å²) in [5, 5.41) is 18.3. The number of aliphatic hydroxyl groups is 1. The van der Waals surface area contributed by atoms with Crippen LogP contribution in [0, 0.1) is 0 Å². The maximum absolute atomic E-state index is 13.1. The van der Waals surface area contributed by atoms with Crippen LogP contribution in [0.5, 0.6) is 0 Å². The Morgan fingerprint density at radius 1 is 1.37 bits per heavy atom. The average Bonchev–Trinajstić information content (AvgIpc) is 3.28. The second-order valence-corrected chi connectivity index (χ2v) is 9.00. The van der Waals surface area contributed by atoms with Crippen molar-refractivity contribution in [3.63, 3.8) is 0 Å². The van der Waals surface area contributed by atoms with Crippen molar-refractivity contribution in [1.29, 1.82) is 0 Å². The Kier molecular flexibility index (Phi) is 4.36. The highest BCUT2D eigenvalue weighted by molar-refractivity contribution is 6.30. The van der Waals surface area contributed by atoms with Gasteiger partial charge in [0.05, 0.1) is 23.5 Å². The van der Waals surface area contributed by atoms with E-state index in [9.17, 15) is 18.7 Å². The first-order chi connectivity index (χ1) is 14.2. The van der Waals surface area contributed by atoms with Crippen LogP contribution in [0.25, 0.3) is 11.3 Å². The van der Waals surface area contributed by atoms with Crippen molar-refractivity contribution in [3.8, 4) is 11.3 Å². The van der Waals surface area contributed by atoms with E-state index >= 15 is 0 Å². The standard InChI is InChI=1S/C20H22ClF2N5O2/c21-12-3-1-2-11(6-12)16-15(17(24)29)14-9-27(10-19(4-5-19)28(14)26-16)18(30)25-13-7-20(22,23)8-13/h1-3,6,13,17,29H,4-5,7-10,24H2,(H,25,30). The van der Waals surface area contributed by atoms with Crippen molar-refractivity contribution in [2.45, 2.75) is 56.0 Å². The summed E-state index contributed by atoms with van der Waals surface area (Å²) < 4.78 is 28.1. The van der Waals surface area contributed by atoms with Crippen molar-refractivity contribution in [2.24, 2.45) is 5.73 Å². The van der Waals surface area contributed by atoms with Crippen molar-refractivity contribution in [2.75, 3.05) is 6.54 Å². The number of amides is 2. The number of rotatable bonds is 3. The molecule has 1 aromatic heterocycles. The highest BCUT2D eigenvalue weighted by atomic mass is 35.5. The SMILES string of the molecule is NC(O)c1c(-c2cccc(Cl)c2)nn2c1CN(C(=O)NC1CC(F)(F)C1)CC21CC1. The predicted molar refractivity (Wildman–Crippen MR) is 106 cm³/mol. The molecular weight excluding hydrogens is 416 g/mol. The summed E-state index contributed by atoms with van der Waals surface area (Å²) in [5.74, 6) is -2.70. The summed E-state index contributed by atoms with van der Waals surface area (Å²) in [6.45, 7) is 0.625. The Hall–Kier alpha value is -2.23. The van der Waals surface area contributed by atoms with E-state index in [0.29, 0.717) is 28.5 Å². The minimum Gasteiger partial charge on any atom is -0.374 e. The zero-order valence-electron chi connectivity index (χ0n) is 16.1. The molecule has 2 aromatic rings. The number of nitrogens with zero attached hydrogens (tertiary/aromatic N) is 3. The predicted octanol–water partition coefficient (Wildman–Crippen LogP) is 2.97. The maximum Gasteiger partial charge on any atom is 0.318 e. The molecular formula is C20H22ClF2N5O2. The van der Waals surface area contributed by atoms with Crippen molar-refractivity contribution in [1.82, 2.24) is 20.0 Å². The summed E-state index contributed by atoms with van der Waals surface area (Å²) in [6.07, 6.45) is -0.279. The third-order valence-electron chi connectivity index (χ3n) is 6.22. The van der Waals surface area contributed by atoms with E-state index in [2.05, 4.69) is 5.32 Å². The maximum atomic E-state index is 13.1. The van der Waals surface area contributed by atoms with Gasteiger partial charge >= 0.3 is 6.03 Å². The van der Waals surface area contributed by atoms with Gasteiger partial charge in [-0.3, -0.25) is 4.68 Å². The zero-order valence-corrected chi connectivity index (χ0v) is 16.9. The molecule has 2 aliphatic carbocycles. The molecule has 1 spiro atoms. The lowest BCUT2D eigenvalue weighted by Crippen LogP contribution is -2.56. The number of aromatic nitrogens is 2. The number of fused-ring (bicyclic) bond motifs is 2. The number of aliphatic hydroxyl groups excluding tert-OH is 1. The Morgan fingerprint density at radius 2 is 2.10 bits per heavy atom. The van der Waals surface area contributed by atoms with Gasteiger partial charge in [-0.25, -0.2) is 13.6 Å². The van der Waals surface area contributed by atoms with Gasteiger partial charge in [-0.1, -0.05) is 23.7 Å². The number of carbonyl (C=O) groups excluding carboxylic acids is 1. The fourth-order valence-corrected chi connectivity index (χ4v) is 4.71. The van der Waals surface area contributed by atoms with E-state index in [0.717, 1.165) is 18.4 Å². The van der Waals surface area contributed by atoms with E-state index in [-0.39, 0.29) is 31.0 Å². The molecule has 1 aliphatic heterocycles. The van der Waals surface area contributed by atoms with Gasteiger partial charge in [0.25, 0.3) is 5.92 Å². The fourth-order valence-electron chi connectivity index (χ4n) is 4.52. The van der Waals surface area contributed by atoms with Gasteiger partial charge in [-0.15, -0.1) is 0 Å². The van der Waals surface area contributed by atoms with E-state index < -0.39 is 18.2 Å². The molecule has 0 radical (unpaired) electrons. The molecule has 1 atom stereocenters. The quantitative estimate of drug-likeness (QED) is 0.643. The first-order valence-corrected chi connectivity index (χ1v) is 10.3. The van der Waals surface area contributed by atoms with E-state index in [1.165, 1.54) is 0 Å². The number of urea groups is 1. The molecule has 0 bridgehead atoms. The monoisotopic (exact) mass is 437 g/mol. The van der Waals surface area contributed by atoms with E-state index in [4.69, 9.17) is 22.4 Å². The highest BCUT2D eigenvalue weighted by Crippen LogP contribution is 2.49. The molecule has 1 aromatic carbocycles. The van der Waals surface area contributed by atoms with Crippen LogP contribution < -0.4 is 11.1 Å². The molecule has 4 N–H and O–H groups in total. The number of hydrogen-bond donors (Lipinski definition) is 3. The minimum absolute atomic E-state index is 0.188. The minimum atomic E-state index is -2.70. The van der Waals surface area contributed by atoms with Crippen LogP contribution in [0.4, 0.5) is 13.6 Å². The second kappa shape index (κ2) is 6.63. The number of alkyl halides is 2. The molecule has 2 heterocycles. The van der Waals surface area contributed by atoms with Gasteiger partial charge in [-0.2, -0.15) is 5.10 Å². The molecule has 160 valence electrons. The third kappa shape index (κ3) is 3.25. The van der Waals surface area contributed by atoms with Gasteiger partial charge in [0.2, 0.25) is 0 Å². The fraction of sp³-hybridized carbons (Fsp3) is 0.500. The lowest BCUT2D eigenvalue weighted by Gasteiger charge is -2.39. The van der Waals surface area contributed by atoms with Gasteiger partial charge in [0.15, 0.2) is 0 Å². The summed E-state index contributed by atoms with van der Waals surface area (Å²) in [5.41, 5.74) is 7.93. The van der Waals surface area contributed by atoms with Crippen LogP contribution >= 0.6 is 11.6 Å². The summed E-state index contributed by atoms with van der Waals surface area (Å²) in [6, 6.07) is 6.24. The van der Waals surface area contributed by atoms with Crippen LogP contribution in [-0.2, 0) is 12.1 Å². The second-order valence-electron chi connectivity index (χ2n) is 8.57. The molecule has 0 saturated heterocycles. The molecule has 2 fully saturated rings. The topological polar surface area (TPSA) is 96.4 Å². The van der Waals surface area contributed by atoms with Crippen LogP contribution in [0.1, 0.15) is 43.2 Å². The Bertz CT molecular complexity index is 1010. The van der Waals surface area contributed by atoms with Gasteiger partial charge in [-0.05, 0) is 25.0 Å². The molecule has 3 aliphatic rings. The lowest BCUT2D eigenvalue weighted by molar-refractivity contribution is -0.0904. The summed E-state index contributed by atoms with van der Waals surface area (Å²) >= 11 is 6.13. The van der Waals surface area contributed by atoms with Crippen molar-refractivity contribution in [3.05, 3.63) is 40.5 Å².